The fourth-order valence-corrected chi connectivity index (χ4v) is 3.02. The average molecular weight is 287 g/mol. The topological polar surface area (TPSA) is 52.5 Å². The van der Waals surface area contributed by atoms with Crippen LogP contribution in [0.2, 0.25) is 0 Å². The van der Waals surface area contributed by atoms with E-state index in [0.29, 0.717) is 6.54 Å². The highest BCUT2D eigenvalue weighted by atomic mass is 32.2. The molecule has 0 radical (unpaired) electrons. The summed E-state index contributed by atoms with van der Waals surface area (Å²) in [4.78, 5) is 1.26. The molecule has 1 aliphatic heterocycles. The molecule has 0 saturated heterocycles. The number of aromatic hydroxyl groups is 2. The largest absolute Gasteiger partial charge is 0.504 e. The Morgan fingerprint density at radius 2 is 1.70 bits per heavy atom. The van der Waals surface area contributed by atoms with Crippen LogP contribution >= 0.6 is 11.8 Å². The van der Waals surface area contributed by atoms with Gasteiger partial charge < -0.3 is 15.5 Å². The zero-order valence-electron chi connectivity index (χ0n) is 11.3. The highest BCUT2D eigenvalue weighted by Gasteiger charge is 2.21. The third-order valence-corrected chi connectivity index (χ3v) is 4.52. The number of fused-ring (bicyclic) bond motifs is 1. The molecule has 3 nitrogen and oxygen atoms in total. The van der Waals surface area contributed by atoms with Crippen molar-refractivity contribution in [3.63, 3.8) is 0 Å². The van der Waals surface area contributed by atoms with Gasteiger partial charge in [0, 0.05) is 17.5 Å². The summed E-state index contributed by atoms with van der Waals surface area (Å²) in [6.45, 7) is 0.706. The Balaban J connectivity index is 1.85. The van der Waals surface area contributed by atoms with Crippen molar-refractivity contribution >= 4 is 11.8 Å². The standard InChI is InChI=1S/C16H17NO2S/c1-20-13-4-2-10(3-5-13)14-6-11-7-15(18)16(19)8-12(11)9-17-14/h2-5,7-8,14,17-19H,6,9H2,1H3. The van der Waals surface area contributed by atoms with E-state index < -0.39 is 0 Å². The van der Waals surface area contributed by atoms with Crippen LogP contribution < -0.4 is 5.32 Å². The van der Waals surface area contributed by atoms with Crippen molar-refractivity contribution in [1.29, 1.82) is 0 Å². The molecule has 0 amide bonds. The second kappa shape index (κ2) is 5.38. The van der Waals surface area contributed by atoms with Crippen molar-refractivity contribution in [2.24, 2.45) is 0 Å². The molecule has 1 unspecified atom stereocenters. The molecule has 3 rings (SSSR count). The lowest BCUT2D eigenvalue weighted by Gasteiger charge is -2.27. The van der Waals surface area contributed by atoms with Crippen LogP contribution in [0, 0.1) is 0 Å². The predicted octanol–water partition coefficient (Wildman–Crippen LogP) is 3.21. The Morgan fingerprint density at radius 3 is 2.35 bits per heavy atom. The second-order valence-corrected chi connectivity index (χ2v) is 5.90. The molecule has 0 aliphatic carbocycles. The Morgan fingerprint density at radius 1 is 1.05 bits per heavy atom. The van der Waals surface area contributed by atoms with E-state index in [1.54, 1.807) is 23.9 Å². The quantitative estimate of drug-likeness (QED) is 0.586. The SMILES string of the molecule is CSc1ccc(C2Cc3cc(O)c(O)cc3CN2)cc1. The summed E-state index contributed by atoms with van der Waals surface area (Å²) in [6.07, 6.45) is 2.89. The number of hydrogen-bond acceptors (Lipinski definition) is 4. The first-order valence-electron chi connectivity index (χ1n) is 6.58. The molecular weight excluding hydrogens is 270 g/mol. The third-order valence-electron chi connectivity index (χ3n) is 3.78. The second-order valence-electron chi connectivity index (χ2n) is 5.02. The molecule has 1 aliphatic rings. The van der Waals surface area contributed by atoms with Gasteiger partial charge in [-0.25, -0.2) is 0 Å². The van der Waals surface area contributed by atoms with Crippen molar-refractivity contribution < 1.29 is 10.2 Å². The van der Waals surface area contributed by atoms with Gasteiger partial charge in [-0.2, -0.15) is 0 Å². The van der Waals surface area contributed by atoms with Crippen LogP contribution in [0.15, 0.2) is 41.3 Å². The summed E-state index contributed by atoms with van der Waals surface area (Å²) in [5.41, 5.74) is 3.40. The van der Waals surface area contributed by atoms with Gasteiger partial charge >= 0.3 is 0 Å². The maximum Gasteiger partial charge on any atom is 0.157 e. The van der Waals surface area contributed by atoms with E-state index in [-0.39, 0.29) is 17.5 Å². The molecule has 0 bridgehead atoms. The van der Waals surface area contributed by atoms with Gasteiger partial charge in [-0.1, -0.05) is 12.1 Å². The van der Waals surface area contributed by atoms with Crippen molar-refractivity contribution in [2.75, 3.05) is 6.26 Å². The lowest BCUT2D eigenvalue weighted by atomic mass is 9.91. The number of hydrogen-bond donors (Lipinski definition) is 3. The van der Waals surface area contributed by atoms with Crippen LogP contribution in [-0.2, 0) is 13.0 Å². The van der Waals surface area contributed by atoms with Crippen molar-refractivity contribution in [3.8, 4) is 11.5 Å². The van der Waals surface area contributed by atoms with Gasteiger partial charge in [0.1, 0.15) is 0 Å². The lowest BCUT2D eigenvalue weighted by molar-refractivity contribution is 0.399. The molecule has 3 N–H and O–H groups in total. The summed E-state index contributed by atoms with van der Waals surface area (Å²) >= 11 is 1.74. The van der Waals surface area contributed by atoms with Gasteiger partial charge in [-0.3, -0.25) is 0 Å². The molecule has 20 heavy (non-hydrogen) atoms. The van der Waals surface area contributed by atoms with Crippen molar-refractivity contribution in [2.45, 2.75) is 23.9 Å². The normalized spacial score (nSPS) is 17.8. The fraction of sp³-hybridized carbons (Fsp3) is 0.250. The molecule has 0 saturated carbocycles. The van der Waals surface area contributed by atoms with Gasteiger partial charge in [-0.05, 0) is 53.6 Å². The predicted molar refractivity (Wildman–Crippen MR) is 81.3 cm³/mol. The molecular formula is C16H17NO2S. The van der Waals surface area contributed by atoms with Crippen molar-refractivity contribution in [3.05, 3.63) is 53.1 Å². The number of benzene rings is 2. The van der Waals surface area contributed by atoms with Crippen LogP contribution in [0.1, 0.15) is 22.7 Å². The summed E-state index contributed by atoms with van der Waals surface area (Å²) in [6, 6.07) is 12.1. The smallest absolute Gasteiger partial charge is 0.157 e. The first kappa shape index (κ1) is 13.3. The van der Waals surface area contributed by atoms with Crippen LogP contribution in [0.25, 0.3) is 0 Å². The summed E-state index contributed by atoms with van der Waals surface area (Å²) in [5.74, 6) is -0.0875. The molecule has 104 valence electrons. The van der Waals surface area contributed by atoms with E-state index >= 15 is 0 Å². The molecule has 2 aromatic carbocycles. The third kappa shape index (κ3) is 2.49. The van der Waals surface area contributed by atoms with Crippen LogP contribution in [0.4, 0.5) is 0 Å². The van der Waals surface area contributed by atoms with Crippen LogP contribution in [0.5, 0.6) is 11.5 Å². The minimum Gasteiger partial charge on any atom is -0.504 e. The molecule has 1 heterocycles. The summed E-state index contributed by atoms with van der Waals surface area (Å²) in [7, 11) is 0. The maximum absolute atomic E-state index is 9.63. The first-order chi connectivity index (χ1) is 9.67. The molecule has 1 atom stereocenters. The van der Waals surface area contributed by atoms with E-state index in [9.17, 15) is 10.2 Å². The van der Waals surface area contributed by atoms with E-state index in [4.69, 9.17) is 0 Å². The number of thioether (sulfide) groups is 1. The number of phenols is 2. The first-order valence-corrected chi connectivity index (χ1v) is 7.81. The van der Waals surface area contributed by atoms with Gasteiger partial charge in [-0.15, -0.1) is 11.8 Å². The Bertz CT molecular complexity index is 625. The highest BCUT2D eigenvalue weighted by Crippen LogP contribution is 2.34. The van der Waals surface area contributed by atoms with E-state index in [0.717, 1.165) is 17.5 Å². The number of phenolic OH excluding ortho intramolecular Hbond substituents is 2. The Kier molecular flexibility index (Phi) is 3.59. The Labute approximate surface area is 122 Å². The molecule has 0 spiro atoms. The minimum absolute atomic E-state index is 0.0397. The number of nitrogens with one attached hydrogen (secondary N) is 1. The minimum atomic E-state index is -0.0478. The van der Waals surface area contributed by atoms with Crippen LogP contribution in [-0.4, -0.2) is 16.5 Å². The lowest BCUT2D eigenvalue weighted by Crippen LogP contribution is -2.28. The molecule has 4 heteroatoms. The van der Waals surface area contributed by atoms with Gasteiger partial charge in [0.2, 0.25) is 0 Å². The summed E-state index contributed by atoms with van der Waals surface area (Å²) in [5, 5.41) is 22.6. The van der Waals surface area contributed by atoms with E-state index in [2.05, 4.69) is 35.8 Å². The molecule has 0 fully saturated rings. The van der Waals surface area contributed by atoms with Gasteiger partial charge in [0.05, 0.1) is 0 Å². The number of rotatable bonds is 2. The zero-order valence-corrected chi connectivity index (χ0v) is 12.1. The average Bonchev–Trinajstić information content (AvgIpc) is 2.48. The van der Waals surface area contributed by atoms with Gasteiger partial charge in [0.25, 0.3) is 0 Å². The van der Waals surface area contributed by atoms with E-state index in [1.807, 2.05) is 0 Å². The van der Waals surface area contributed by atoms with Crippen LogP contribution in [0.3, 0.4) is 0 Å². The Hall–Kier alpha value is -1.65. The maximum atomic E-state index is 9.63. The fourth-order valence-electron chi connectivity index (χ4n) is 2.62. The summed E-state index contributed by atoms with van der Waals surface area (Å²) < 4.78 is 0. The van der Waals surface area contributed by atoms with E-state index in [1.165, 1.54) is 10.5 Å². The monoisotopic (exact) mass is 287 g/mol. The van der Waals surface area contributed by atoms with Crippen molar-refractivity contribution in [1.82, 2.24) is 5.32 Å². The molecule has 2 aromatic rings. The highest BCUT2D eigenvalue weighted by molar-refractivity contribution is 7.98. The van der Waals surface area contributed by atoms with Gasteiger partial charge in [0.15, 0.2) is 11.5 Å². The zero-order chi connectivity index (χ0) is 14.1. The molecule has 0 aromatic heterocycles.